The largest absolute Gasteiger partial charge is 0.459 e. The Morgan fingerprint density at radius 3 is 2.75 bits per heavy atom. The Labute approximate surface area is 258 Å². The molecule has 1 saturated heterocycles. The smallest absolute Gasteiger partial charge is 0.303 e. The predicted octanol–water partition coefficient (Wildman–Crippen LogP) is 1.44. The van der Waals surface area contributed by atoms with Gasteiger partial charge in [-0.05, 0) is 44.2 Å². The van der Waals surface area contributed by atoms with Gasteiger partial charge in [-0.3, -0.25) is 19.0 Å². The molecule has 5 unspecified atom stereocenters. The van der Waals surface area contributed by atoms with E-state index in [0.717, 1.165) is 47.4 Å². The highest BCUT2D eigenvalue weighted by atomic mass is 32.2. The van der Waals surface area contributed by atoms with Gasteiger partial charge in [0, 0.05) is 33.0 Å². The van der Waals surface area contributed by atoms with Crippen LogP contribution in [0.15, 0.2) is 36.4 Å². The fourth-order valence-electron chi connectivity index (χ4n) is 6.09. The summed E-state index contributed by atoms with van der Waals surface area (Å²) in [5.74, 6) is -2.11. The van der Waals surface area contributed by atoms with Crippen molar-refractivity contribution in [2.45, 2.75) is 88.6 Å². The minimum Gasteiger partial charge on any atom is -0.459 e. The summed E-state index contributed by atoms with van der Waals surface area (Å²) < 4.78 is 36.4. The lowest BCUT2D eigenvalue weighted by molar-refractivity contribution is -0.140. The summed E-state index contributed by atoms with van der Waals surface area (Å²) >= 11 is 0. The third-order valence-corrected chi connectivity index (χ3v) is 10.1. The van der Waals surface area contributed by atoms with E-state index >= 15 is 0 Å². The van der Waals surface area contributed by atoms with Crippen molar-refractivity contribution in [3.8, 4) is 6.01 Å². The third kappa shape index (κ3) is 6.47. The molecule has 14 heteroatoms. The number of nitrogens with zero attached hydrogens (tertiary/aromatic N) is 4. The first-order valence-corrected chi connectivity index (χ1v) is 16.8. The van der Waals surface area contributed by atoms with Crippen LogP contribution in [0.5, 0.6) is 6.01 Å². The van der Waals surface area contributed by atoms with Crippen LogP contribution in [0.4, 0.5) is 0 Å². The molecule has 3 heterocycles. The van der Waals surface area contributed by atoms with E-state index in [4.69, 9.17) is 10.5 Å². The number of benzene rings is 1. The molecular weight excluding hydrogens is 586 g/mol. The quantitative estimate of drug-likeness (QED) is 0.387. The Hall–Kier alpha value is -3.49. The molecule has 13 nitrogen and oxygen atoms in total. The number of aromatic nitrogens is 2. The fraction of sp³-hybridized carbons (Fsp3) is 0.600. The Morgan fingerprint density at radius 1 is 1.23 bits per heavy atom. The highest BCUT2D eigenvalue weighted by molar-refractivity contribution is 7.87. The number of para-hydroxylation sites is 2. The molecule has 44 heavy (non-hydrogen) atoms. The van der Waals surface area contributed by atoms with Gasteiger partial charge >= 0.3 is 10.2 Å². The van der Waals surface area contributed by atoms with E-state index in [1.807, 2.05) is 41.0 Å². The van der Waals surface area contributed by atoms with Gasteiger partial charge in [-0.2, -0.15) is 17.7 Å². The summed E-state index contributed by atoms with van der Waals surface area (Å²) in [4.78, 5) is 47.2. The number of allylic oxidation sites excluding steroid dienone is 1. The number of hydrogen-bond donors (Lipinski definition) is 3. The van der Waals surface area contributed by atoms with Gasteiger partial charge in [0.25, 0.3) is 11.9 Å². The van der Waals surface area contributed by atoms with Gasteiger partial charge in [-0.25, -0.2) is 4.72 Å². The lowest BCUT2D eigenvalue weighted by atomic mass is 10.1. The number of amides is 3. The maximum Gasteiger partial charge on any atom is 0.303 e. The highest BCUT2D eigenvalue weighted by Crippen LogP contribution is 2.45. The number of imidazole rings is 1. The van der Waals surface area contributed by atoms with Crippen LogP contribution < -0.4 is 20.5 Å². The van der Waals surface area contributed by atoms with E-state index in [9.17, 15) is 22.8 Å². The molecule has 0 radical (unpaired) electrons. The number of hydrogen-bond acceptors (Lipinski definition) is 8. The summed E-state index contributed by atoms with van der Waals surface area (Å²) in [7, 11) is -1.47. The van der Waals surface area contributed by atoms with Gasteiger partial charge in [-0.1, -0.05) is 44.1 Å². The molecule has 1 aromatic carbocycles. The summed E-state index contributed by atoms with van der Waals surface area (Å²) in [5, 5.41) is 2.85. The van der Waals surface area contributed by atoms with Crippen LogP contribution in [0, 0.1) is 5.92 Å². The highest BCUT2D eigenvalue weighted by Gasteiger charge is 2.61. The lowest BCUT2D eigenvalue weighted by Gasteiger charge is -2.28. The zero-order valence-electron chi connectivity index (χ0n) is 25.6. The van der Waals surface area contributed by atoms with E-state index in [0.29, 0.717) is 19.0 Å². The van der Waals surface area contributed by atoms with Crippen molar-refractivity contribution in [3.63, 3.8) is 0 Å². The Bertz CT molecular complexity index is 1540. The molecule has 2 aromatic rings. The Morgan fingerprint density at radius 2 is 2.00 bits per heavy atom. The van der Waals surface area contributed by atoms with Crippen molar-refractivity contribution in [1.82, 2.24) is 28.8 Å². The minimum atomic E-state index is -4.09. The van der Waals surface area contributed by atoms with Gasteiger partial charge in [0.15, 0.2) is 0 Å². The van der Waals surface area contributed by atoms with Crippen LogP contribution >= 0.6 is 0 Å². The van der Waals surface area contributed by atoms with Crippen molar-refractivity contribution >= 4 is 39.0 Å². The summed E-state index contributed by atoms with van der Waals surface area (Å²) in [6, 6.07) is 6.38. The van der Waals surface area contributed by atoms with Crippen molar-refractivity contribution in [2.75, 3.05) is 20.6 Å². The number of rotatable bonds is 7. The molecule has 1 aromatic heterocycles. The Balaban J connectivity index is 1.43. The van der Waals surface area contributed by atoms with Gasteiger partial charge < -0.3 is 20.7 Å². The van der Waals surface area contributed by atoms with Gasteiger partial charge in [0.2, 0.25) is 11.8 Å². The van der Waals surface area contributed by atoms with E-state index in [2.05, 4.69) is 21.9 Å². The predicted molar refractivity (Wildman–Crippen MR) is 164 cm³/mol. The molecule has 0 bridgehead atoms. The average Bonchev–Trinajstić information content (AvgIpc) is 3.33. The second-order valence-corrected chi connectivity index (χ2v) is 14.1. The summed E-state index contributed by atoms with van der Waals surface area (Å²) in [6.45, 7) is 2.87. The van der Waals surface area contributed by atoms with Crippen LogP contribution in [-0.2, 0) is 31.1 Å². The third-order valence-electron chi connectivity index (χ3n) is 8.73. The second kappa shape index (κ2) is 12.9. The van der Waals surface area contributed by atoms with Crippen LogP contribution in [0.25, 0.3) is 11.0 Å². The molecule has 5 rings (SSSR count). The molecular formula is C30H43N7O6S. The summed E-state index contributed by atoms with van der Waals surface area (Å²) in [5.41, 5.74) is 6.61. The van der Waals surface area contributed by atoms with Crippen molar-refractivity contribution in [2.24, 2.45) is 11.7 Å². The SMILES string of the molecule is CCCn1c(OC2CC3C(=O)NC4(C(=O)NS(=O)(=O)N(C)C)CC4C=CCCCCCC(N)C(=O)N3C2)nc2ccccc21. The molecule has 0 spiro atoms. The maximum absolute atomic E-state index is 14.0. The van der Waals surface area contributed by atoms with Gasteiger partial charge in [0.1, 0.15) is 17.7 Å². The van der Waals surface area contributed by atoms with Crippen LogP contribution in [0.3, 0.4) is 0 Å². The number of nitrogens with one attached hydrogen (secondary N) is 2. The van der Waals surface area contributed by atoms with Gasteiger partial charge in [-0.15, -0.1) is 0 Å². The van der Waals surface area contributed by atoms with E-state index in [1.165, 1.54) is 19.0 Å². The van der Waals surface area contributed by atoms with E-state index in [1.54, 1.807) is 0 Å². The topological polar surface area (TPSA) is 169 Å². The standard InChI is InChI=1S/C30H43N7O6S/c1-4-16-36-24-15-11-10-14-23(24)32-29(36)43-21-17-25-26(38)33-30(28(40)34-44(41,42)35(2)3)18-20(30)12-8-6-5-7-9-13-22(31)27(39)37(25)19-21/h8,10-12,14-15,20-22,25H,4-7,9,13,16-19,31H2,1-3H3,(H,33,38)(H,34,40). The van der Waals surface area contributed by atoms with Crippen LogP contribution in [0.2, 0.25) is 0 Å². The molecule has 4 N–H and O–H groups in total. The van der Waals surface area contributed by atoms with Crippen LogP contribution in [0.1, 0.15) is 58.3 Å². The molecule has 2 fully saturated rings. The molecule has 3 amide bonds. The van der Waals surface area contributed by atoms with E-state index < -0.39 is 45.8 Å². The Kier molecular flexibility index (Phi) is 9.33. The fourth-order valence-corrected chi connectivity index (χ4v) is 6.69. The van der Waals surface area contributed by atoms with Crippen molar-refractivity contribution in [3.05, 3.63) is 36.4 Å². The zero-order valence-corrected chi connectivity index (χ0v) is 26.4. The molecule has 1 saturated carbocycles. The molecule has 5 atom stereocenters. The first-order valence-electron chi connectivity index (χ1n) is 15.4. The molecule has 1 aliphatic carbocycles. The maximum atomic E-state index is 14.0. The van der Waals surface area contributed by atoms with Crippen molar-refractivity contribution in [1.29, 1.82) is 0 Å². The zero-order chi connectivity index (χ0) is 31.6. The number of ether oxygens (including phenoxy) is 1. The lowest BCUT2D eigenvalue weighted by Crippen LogP contribution is -2.58. The average molecular weight is 630 g/mol. The number of carbonyl (C=O) groups is 3. The first kappa shape index (κ1) is 31.9. The van der Waals surface area contributed by atoms with Crippen molar-refractivity contribution < 1.29 is 27.5 Å². The van der Waals surface area contributed by atoms with Gasteiger partial charge in [0.05, 0.1) is 23.6 Å². The minimum absolute atomic E-state index is 0.123. The summed E-state index contributed by atoms with van der Waals surface area (Å²) in [6.07, 6.45) is 8.32. The number of fused-ring (bicyclic) bond motifs is 3. The first-order chi connectivity index (χ1) is 21.0. The molecule has 2 aliphatic heterocycles. The number of aryl methyl sites for hydroxylation is 1. The monoisotopic (exact) mass is 629 g/mol. The molecule has 3 aliphatic rings. The van der Waals surface area contributed by atoms with E-state index in [-0.39, 0.29) is 31.2 Å². The second-order valence-electron chi connectivity index (χ2n) is 12.2. The van der Waals surface area contributed by atoms with Crippen LogP contribution in [-0.4, -0.2) is 89.3 Å². The normalized spacial score (nSPS) is 28.2. The number of nitrogens with two attached hydrogens (primary N) is 1. The number of carbonyl (C=O) groups excluding carboxylic acids is 3. The molecule has 240 valence electrons.